The number of hydrogen-bond donors (Lipinski definition) is 7. The molecule has 0 bridgehead atoms. The maximum atomic E-state index is 12.7. The van der Waals surface area contributed by atoms with Gasteiger partial charge < -0.3 is 55.1 Å². The molecule has 0 saturated carbocycles. The number of carbonyl (C=O) groups is 2. The van der Waals surface area contributed by atoms with Crippen molar-refractivity contribution in [2.75, 3.05) is 19.8 Å². The van der Waals surface area contributed by atoms with Crippen LogP contribution in [-0.4, -0.2) is 124 Å². The molecule has 0 aromatic rings. The molecular weight excluding hydrogens is 600 g/mol. The third-order valence-corrected chi connectivity index (χ3v) is 9.01. The molecular formula is C33H58N2O11. The molecule has 3 heterocycles. The van der Waals surface area contributed by atoms with E-state index in [1.165, 1.54) is 32.6 Å². The zero-order valence-electron chi connectivity index (χ0n) is 27.5. The Morgan fingerprint density at radius 3 is 2.22 bits per heavy atom. The van der Waals surface area contributed by atoms with Crippen LogP contribution >= 0.6 is 0 Å². The number of epoxide rings is 1. The summed E-state index contributed by atoms with van der Waals surface area (Å²) in [7, 11) is 0. The van der Waals surface area contributed by atoms with Gasteiger partial charge in [-0.2, -0.15) is 0 Å². The molecule has 13 heteroatoms. The number of carbonyl (C=O) groups excluding carboxylic acids is 2. The fourth-order valence-corrected chi connectivity index (χ4v) is 6.18. The Labute approximate surface area is 273 Å². The van der Waals surface area contributed by atoms with Crippen molar-refractivity contribution in [1.29, 1.82) is 0 Å². The van der Waals surface area contributed by atoms with Gasteiger partial charge >= 0.3 is 0 Å². The van der Waals surface area contributed by atoms with Crippen LogP contribution in [0, 0.1) is 0 Å². The number of nitrogens with one attached hydrogen (secondary N) is 2. The molecule has 0 spiro atoms. The summed E-state index contributed by atoms with van der Waals surface area (Å²) in [5.41, 5.74) is 0. The average molecular weight is 659 g/mol. The number of aliphatic hydroxyl groups excluding tert-OH is 5. The SMILES string of the molecule is CCCCCC1OC1C/C=C\CCCCCCCCC(=O)NC1COC(CO)[C@@H](O[C@@H]2OC(CO)[C@@H](O)[C@H](O)C2NC(C)=O)[C@@H]1O. The summed E-state index contributed by atoms with van der Waals surface area (Å²) in [6, 6.07) is -2.07. The summed E-state index contributed by atoms with van der Waals surface area (Å²) in [5, 5.41) is 56.6. The van der Waals surface area contributed by atoms with Crippen LogP contribution in [0.15, 0.2) is 12.2 Å². The molecule has 0 aromatic heterocycles. The Balaban J connectivity index is 1.32. The summed E-state index contributed by atoms with van der Waals surface area (Å²) >= 11 is 0. The van der Waals surface area contributed by atoms with Crippen LogP contribution in [0.3, 0.4) is 0 Å². The zero-order valence-corrected chi connectivity index (χ0v) is 27.5. The first kappa shape index (κ1) is 38.8. The van der Waals surface area contributed by atoms with E-state index in [2.05, 4.69) is 29.7 Å². The first-order valence-corrected chi connectivity index (χ1v) is 17.2. The summed E-state index contributed by atoms with van der Waals surface area (Å²) in [5.74, 6) is -0.770. The van der Waals surface area contributed by atoms with Crippen molar-refractivity contribution in [3.8, 4) is 0 Å². The minimum atomic E-state index is -1.54. The van der Waals surface area contributed by atoms with E-state index < -0.39 is 74.1 Å². The van der Waals surface area contributed by atoms with Gasteiger partial charge in [0.1, 0.15) is 42.7 Å². The van der Waals surface area contributed by atoms with Crippen molar-refractivity contribution in [2.24, 2.45) is 0 Å². The van der Waals surface area contributed by atoms with E-state index in [4.69, 9.17) is 18.9 Å². The van der Waals surface area contributed by atoms with E-state index in [1.807, 2.05) is 0 Å². The van der Waals surface area contributed by atoms with E-state index in [0.29, 0.717) is 25.0 Å². The number of amides is 2. The van der Waals surface area contributed by atoms with Crippen LogP contribution < -0.4 is 10.6 Å². The molecule has 3 rings (SSSR count). The number of unbranched alkanes of at least 4 members (excludes halogenated alkanes) is 8. The van der Waals surface area contributed by atoms with Crippen LogP contribution in [0.5, 0.6) is 0 Å². The minimum absolute atomic E-state index is 0.0547. The maximum Gasteiger partial charge on any atom is 0.220 e. The van der Waals surface area contributed by atoms with Gasteiger partial charge in [0.15, 0.2) is 6.29 Å². The van der Waals surface area contributed by atoms with Crippen LogP contribution in [0.1, 0.15) is 97.3 Å². The first-order valence-electron chi connectivity index (χ1n) is 17.2. The molecule has 6 unspecified atom stereocenters. The van der Waals surface area contributed by atoms with Crippen molar-refractivity contribution < 1.29 is 54.1 Å². The highest BCUT2D eigenvalue weighted by atomic mass is 16.7. The van der Waals surface area contributed by atoms with Crippen molar-refractivity contribution in [1.82, 2.24) is 10.6 Å². The van der Waals surface area contributed by atoms with Crippen LogP contribution in [-0.2, 0) is 28.5 Å². The van der Waals surface area contributed by atoms with Crippen molar-refractivity contribution in [3.05, 3.63) is 12.2 Å². The number of hydrogen-bond acceptors (Lipinski definition) is 11. The number of rotatable bonds is 21. The van der Waals surface area contributed by atoms with Crippen molar-refractivity contribution in [3.63, 3.8) is 0 Å². The molecule has 3 aliphatic heterocycles. The molecule has 3 saturated heterocycles. The topological polar surface area (TPSA) is 200 Å². The van der Waals surface area contributed by atoms with E-state index in [1.54, 1.807) is 0 Å². The molecule has 3 fully saturated rings. The third kappa shape index (κ3) is 12.4. The van der Waals surface area contributed by atoms with E-state index in [-0.39, 0.29) is 12.5 Å². The minimum Gasteiger partial charge on any atom is -0.394 e. The Morgan fingerprint density at radius 1 is 0.804 bits per heavy atom. The van der Waals surface area contributed by atoms with E-state index in [9.17, 15) is 35.1 Å². The average Bonchev–Trinajstić information content (AvgIpc) is 3.79. The smallest absolute Gasteiger partial charge is 0.220 e. The third-order valence-electron chi connectivity index (χ3n) is 9.01. The monoisotopic (exact) mass is 658 g/mol. The summed E-state index contributed by atoms with van der Waals surface area (Å²) < 4.78 is 22.9. The quantitative estimate of drug-likeness (QED) is 0.0527. The second kappa shape index (κ2) is 20.6. The normalized spacial score (nSPS) is 34.5. The first-order chi connectivity index (χ1) is 22.2. The highest BCUT2D eigenvalue weighted by Crippen LogP contribution is 2.30. The van der Waals surface area contributed by atoms with Gasteiger partial charge in [-0.15, -0.1) is 0 Å². The highest BCUT2D eigenvalue weighted by Gasteiger charge is 2.49. The molecule has 0 aromatic carbocycles. The molecule has 2 amide bonds. The summed E-state index contributed by atoms with van der Waals surface area (Å²) in [6.45, 7) is 2.23. The largest absolute Gasteiger partial charge is 0.394 e. The van der Waals surface area contributed by atoms with Gasteiger partial charge in [0.25, 0.3) is 0 Å². The van der Waals surface area contributed by atoms with Crippen LogP contribution in [0.2, 0.25) is 0 Å². The van der Waals surface area contributed by atoms with Gasteiger partial charge in [-0.05, 0) is 32.1 Å². The number of ether oxygens (including phenoxy) is 4. The predicted molar refractivity (Wildman–Crippen MR) is 168 cm³/mol. The number of allylic oxidation sites excluding steroid dienone is 1. The second-order valence-electron chi connectivity index (χ2n) is 12.8. The Hall–Kier alpha value is -1.68. The van der Waals surface area contributed by atoms with Gasteiger partial charge in [-0.25, -0.2) is 0 Å². The molecule has 7 N–H and O–H groups in total. The lowest BCUT2D eigenvalue weighted by Crippen LogP contribution is -2.67. The Bertz CT molecular complexity index is 924. The van der Waals surface area contributed by atoms with Gasteiger partial charge in [-0.1, -0.05) is 64.0 Å². The van der Waals surface area contributed by atoms with Gasteiger partial charge in [0.2, 0.25) is 11.8 Å². The lowest BCUT2D eigenvalue weighted by atomic mass is 9.95. The van der Waals surface area contributed by atoms with Gasteiger partial charge in [0.05, 0.1) is 38.1 Å². The van der Waals surface area contributed by atoms with E-state index >= 15 is 0 Å². The van der Waals surface area contributed by atoms with Crippen LogP contribution in [0.25, 0.3) is 0 Å². The molecule has 0 radical (unpaired) electrons. The molecule has 0 aliphatic carbocycles. The number of aliphatic hydroxyl groups is 5. The van der Waals surface area contributed by atoms with Gasteiger partial charge in [-0.3, -0.25) is 9.59 Å². The van der Waals surface area contributed by atoms with Crippen molar-refractivity contribution >= 4 is 11.8 Å². The fourth-order valence-electron chi connectivity index (χ4n) is 6.18. The molecule has 266 valence electrons. The molecule has 3 aliphatic rings. The van der Waals surface area contributed by atoms with Crippen molar-refractivity contribution in [2.45, 2.75) is 165 Å². The summed E-state index contributed by atoms with van der Waals surface area (Å²) in [6.07, 6.45) is 9.73. The lowest BCUT2D eigenvalue weighted by Gasteiger charge is -2.46. The standard InChI is InChI=1S/C33H58N2O11/c1-3-4-12-15-23-24(44-23)16-13-10-8-6-5-7-9-11-14-17-27(39)35-22-20-43-26(19-37)32(29(22)40)46-33-28(34-21(2)38)31(42)30(41)25(18-36)45-33/h10,13,22-26,28-33,36-37,40-42H,3-9,11-12,14-20H2,1-2H3,(H,34,38)(H,35,39)/b13-10-/t22?,23?,24?,25?,26?,28?,29-,30-,31-,32-,33+/m1/s1. The zero-order chi connectivity index (χ0) is 33.5. The maximum absolute atomic E-state index is 12.7. The molecule has 13 nitrogen and oxygen atoms in total. The Morgan fingerprint density at radius 2 is 1.52 bits per heavy atom. The molecule has 11 atom stereocenters. The fraction of sp³-hybridized carbons (Fsp3) is 0.879. The lowest BCUT2D eigenvalue weighted by molar-refractivity contribution is -0.309. The molecule has 46 heavy (non-hydrogen) atoms. The van der Waals surface area contributed by atoms with Gasteiger partial charge in [0, 0.05) is 13.3 Å². The Kier molecular flexibility index (Phi) is 17.4. The van der Waals surface area contributed by atoms with Crippen LogP contribution in [0.4, 0.5) is 0 Å². The predicted octanol–water partition coefficient (Wildman–Crippen LogP) is 0.967. The highest BCUT2D eigenvalue weighted by molar-refractivity contribution is 5.76. The summed E-state index contributed by atoms with van der Waals surface area (Å²) in [4.78, 5) is 24.4. The second-order valence-corrected chi connectivity index (χ2v) is 12.8. The van der Waals surface area contributed by atoms with E-state index in [0.717, 1.165) is 44.9 Å².